The maximum atomic E-state index is 12.5. The van der Waals surface area contributed by atoms with Gasteiger partial charge in [-0.15, -0.1) is 0 Å². The van der Waals surface area contributed by atoms with Crippen LogP contribution in [-0.2, 0) is 4.79 Å². The first-order valence-electron chi connectivity index (χ1n) is 7.07. The van der Waals surface area contributed by atoms with Gasteiger partial charge < -0.3 is 11.1 Å². The van der Waals surface area contributed by atoms with Gasteiger partial charge in [0.05, 0.1) is 11.5 Å². The van der Waals surface area contributed by atoms with E-state index < -0.39 is 5.41 Å². The van der Waals surface area contributed by atoms with Gasteiger partial charge in [0.2, 0.25) is 5.91 Å². The number of carbonyl (C=O) groups excluding carboxylic acids is 1. The Labute approximate surface area is 116 Å². The highest BCUT2D eigenvalue weighted by Gasteiger charge is 2.34. The summed E-state index contributed by atoms with van der Waals surface area (Å²) in [4.78, 5) is 12.5. The van der Waals surface area contributed by atoms with Gasteiger partial charge in [0.25, 0.3) is 0 Å². The molecule has 0 radical (unpaired) electrons. The number of amides is 1. The van der Waals surface area contributed by atoms with Crippen LogP contribution in [0, 0.1) is 12.3 Å². The van der Waals surface area contributed by atoms with E-state index in [1.54, 1.807) is 0 Å². The van der Waals surface area contributed by atoms with Crippen LogP contribution in [0.15, 0.2) is 24.3 Å². The highest BCUT2D eigenvalue weighted by Crippen LogP contribution is 2.27. The lowest BCUT2D eigenvalue weighted by molar-refractivity contribution is -0.131. The van der Waals surface area contributed by atoms with Crippen LogP contribution >= 0.6 is 0 Å². The van der Waals surface area contributed by atoms with Gasteiger partial charge in [0.15, 0.2) is 0 Å². The van der Waals surface area contributed by atoms with E-state index in [-0.39, 0.29) is 11.9 Å². The average Bonchev–Trinajstić information content (AvgIpc) is 2.41. The van der Waals surface area contributed by atoms with Gasteiger partial charge in [0.1, 0.15) is 0 Å². The molecule has 0 aliphatic rings. The maximum Gasteiger partial charge on any atom is 0.227 e. The molecule has 1 aromatic rings. The average molecular weight is 262 g/mol. The van der Waals surface area contributed by atoms with Gasteiger partial charge in [-0.3, -0.25) is 4.79 Å². The van der Waals surface area contributed by atoms with Crippen LogP contribution < -0.4 is 11.1 Å². The van der Waals surface area contributed by atoms with E-state index in [2.05, 4.69) is 24.4 Å². The minimum absolute atomic E-state index is 0.0118. The highest BCUT2D eigenvalue weighted by atomic mass is 16.2. The minimum Gasteiger partial charge on any atom is -0.349 e. The van der Waals surface area contributed by atoms with Gasteiger partial charge in [-0.1, -0.05) is 38.1 Å². The molecular weight excluding hydrogens is 236 g/mol. The lowest BCUT2D eigenvalue weighted by atomic mass is 9.81. The Bertz CT molecular complexity index is 416. The first kappa shape index (κ1) is 15.7. The smallest absolute Gasteiger partial charge is 0.227 e. The molecule has 1 atom stereocenters. The van der Waals surface area contributed by atoms with E-state index in [0.717, 1.165) is 18.4 Å². The molecule has 0 aromatic heterocycles. The van der Waals surface area contributed by atoms with Crippen molar-refractivity contribution in [3.63, 3.8) is 0 Å². The molecule has 0 heterocycles. The fourth-order valence-corrected chi connectivity index (χ4v) is 2.45. The van der Waals surface area contributed by atoms with Crippen molar-refractivity contribution in [1.82, 2.24) is 5.32 Å². The first-order valence-corrected chi connectivity index (χ1v) is 7.07. The molecule has 19 heavy (non-hydrogen) atoms. The number of hydrogen-bond donors (Lipinski definition) is 2. The summed E-state index contributed by atoms with van der Waals surface area (Å²) in [6.07, 6.45) is 1.54. The Hall–Kier alpha value is -1.35. The summed E-state index contributed by atoms with van der Waals surface area (Å²) in [5.74, 6) is 0.0655. The molecule has 0 fully saturated rings. The van der Waals surface area contributed by atoms with Gasteiger partial charge in [-0.2, -0.15) is 0 Å². The van der Waals surface area contributed by atoms with Gasteiger partial charge in [-0.05, 0) is 37.8 Å². The second kappa shape index (κ2) is 6.71. The van der Waals surface area contributed by atoms with Crippen LogP contribution in [0.1, 0.15) is 50.8 Å². The molecule has 0 aliphatic heterocycles. The topological polar surface area (TPSA) is 55.1 Å². The standard InChI is InChI=1S/C16H26N2O/c1-5-16(6-2,11-17)15(19)18-13(4)14-10-8-7-9-12(14)3/h7-10,13H,5-6,11,17H2,1-4H3,(H,18,19). The Kier molecular flexibility index (Phi) is 5.55. The van der Waals surface area contributed by atoms with Crippen molar-refractivity contribution in [3.8, 4) is 0 Å². The Balaban J connectivity index is 2.85. The normalized spacial score (nSPS) is 13.1. The fraction of sp³-hybridized carbons (Fsp3) is 0.562. The van der Waals surface area contributed by atoms with Crippen molar-refractivity contribution >= 4 is 5.91 Å². The molecule has 0 saturated heterocycles. The van der Waals surface area contributed by atoms with E-state index in [9.17, 15) is 4.79 Å². The predicted octanol–water partition coefficient (Wildman–Crippen LogP) is 2.94. The lowest BCUT2D eigenvalue weighted by Crippen LogP contribution is -2.46. The van der Waals surface area contributed by atoms with Crippen molar-refractivity contribution in [2.24, 2.45) is 11.1 Å². The van der Waals surface area contributed by atoms with Crippen LogP contribution in [0.4, 0.5) is 0 Å². The van der Waals surface area contributed by atoms with Gasteiger partial charge in [0, 0.05) is 6.54 Å². The van der Waals surface area contributed by atoms with Gasteiger partial charge >= 0.3 is 0 Å². The van der Waals surface area contributed by atoms with E-state index in [0.29, 0.717) is 6.54 Å². The van der Waals surface area contributed by atoms with Crippen molar-refractivity contribution in [2.45, 2.75) is 46.6 Å². The molecule has 3 heteroatoms. The number of nitrogens with two attached hydrogens (primary N) is 1. The number of hydrogen-bond acceptors (Lipinski definition) is 2. The molecule has 0 saturated carbocycles. The molecule has 0 bridgehead atoms. The van der Waals surface area contributed by atoms with E-state index >= 15 is 0 Å². The van der Waals surface area contributed by atoms with E-state index in [1.165, 1.54) is 5.56 Å². The quantitative estimate of drug-likeness (QED) is 0.828. The van der Waals surface area contributed by atoms with E-state index in [1.807, 2.05) is 32.9 Å². The summed E-state index contributed by atoms with van der Waals surface area (Å²) in [6.45, 7) is 8.52. The first-order chi connectivity index (χ1) is 9.00. The highest BCUT2D eigenvalue weighted by molar-refractivity contribution is 5.83. The SMILES string of the molecule is CCC(CC)(CN)C(=O)NC(C)c1ccccc1C. The third-order valence-corrected chi connectivity index (χ3v) is 4.23. The summed E-state index contributed by atoms with van der Waals surface area (Å²) in [5, 5.41) is 3.11. The molecule has 106 valence electrons. The Morgan fingerprint density at radius 1 is 1.32 bits per heavy atom. The lowest BCUT2D eigenvalue weighted by Gasteiger charge is -2.30. The number of aryl methyl sites for hydroxylation is 1. The second-order valence-corrected chi connectivity index (χ2v) is 5.24. The molecule has 0 aliphatic carbocycles. The largest absolute Gasteiger partial charge is 0.349 e. The van der Waals surface area contributed by atoms with Crippen molar-refractivity contribution in [1.29, 1.82) is 0 Å². The zero-order valence-electron chi connectivity index (χ0n) is 12.5. The maximum absolute atomic E-state index is 12.5. The minimum atomic E-state index is -0.434. The van der Waals surface area contributed by atoms with Crippen LogP contribution in [-0.4, -0.2) is 12.5 Å². The molecule has 1 amide bonds. The zero-order chi connectivity index (χ0) is 14.5. The van der Waals surface area contributed by atoms with E-state index in [4.69, 9.17) is 5.73 Å². The molecule has 1 rings (SSSR count). The summed E-state index contributed by atoms with van der Waals surface area (Å²) in [5.41, 5.74) is 7.74. The van der Waals surface area contributed by atoms with Crippen molar-refractivity contribution < 1.29 is 4.79 Å². The number of rotatable bonds is 6. The molecular formula is C16H26N2O. The molecule has 3 nitrogen and oxygen atoms in total. The number of nitrogens with one attached hydrogen (secondary N) is 1. The summed E-state index contributed by atoms with van der Waals surface area (Å²) < 4.78 is 0. The number of carbonyl (C=O) groups is 1. The molecule has 3 N–H and O–H groups in total. The Morgan fingerprint density at radius 3 is 2.37 bits per heavy atom. The molecule has 1 unspecified atom stereocenters. The summed E-state index contributed by atoms with van der Waals surface area (Å²) in [6, 6.07) is 8.14. The van der Waals surface area contributed by atoms with Gasteiger partial charge in [-0.25, -0.2) is 0 Å². The Morgan fingerprint density at radius 2 is 1.89 bits per heavy atom. The fourth-order valence-electron chi connectivity index (χ4n) is 2.45. The predicted molar refractivity (Wildman–Crippen MR) is 79.8 cm³/mol. The molecule has 1 aromatic carbocycles. The summed E-state index contributed by atoms with van der Waals surface area (Å²) in [7, 11) is 0. The third-order valence-electron chi connectivity index (χ3n) is 4.23. The monoisotopic (exact) mass is 262 g/mol. The molecule has 0 spiro atoms. The van der Waals surface area contributed by atoms with Crippen LogP contribution in [0.2, 0.25) is 0 Å². The van der Waals surface area contributed by atoms with Crippen LogP contribution in [0.3, 0.4) is 0 Å². The van der Waals surface area contributed by atoms with Crippen LogP contribution in [0.25, 0.3) is 0 Å². The van der Waals surface area contributed by atoms with Crippen molar-refractivity contribution in [3.05, 3.63) is 35.4 Å². The second-order valence-electron chi connectivity index (χ2n) is 5.24. The number of benzene rings is 1. The third kappa shape index (κ3) is 3.35. The summed E-state index contributed by atoms with van der Waals surface area (Å²) >= 11 is 0. The van der Waals surface area contributed by atoms with Crippen molar-refractivity contribution in [2.75, 3.05) is 6.54 Å². The zero-order valence-corrected chi connectivity index (χ0v) is 12.5. The van der Waals surface area contributed by atoms with Crippen LogP contribution in [0.5, 0.6) is 0 Å².